The highest BCUT2D eigenvalue weighted by atomic mass is 15.2. The monoisotopic (exact) mass is 285 g/mol. The van der Waals surface area contributed by atoms with Crippen molar-refractivity contribution in [3.63, 3.8) is 0 Å². The number of aromatic nitrogens is 3. The highest BCUT2D eigenvalue weighted by Crippen LogP contribution is 2.37. The highest BCUT2D eigenvalue weighted by molar-refractivity contribution is 5.87. The van der Waals surface area contributed by atoms with Crippen LogP contribution >= 0.6 is 0 Å². The second-order valence-corrected chi connectivity index (χ2v) is 6.53. The van der Waals surface area contributed by atoms with Gasteiger partial charge in [-0.05, 0) is 56.7 Å². The van der Waals surface area contributed by atoms with Crippen molar-refractivity contribution < 1.29 is 0 Å². The zero-order chi connectivity index (χ0) is 14.2. The predicted octanol–water partition coefficient (Wildman–Crippen LogP) is 2.17. The first kappa shape index (κ1) is 13.1. The Morgan fingerprint density at radius 3 is 3.10 bits per heavy atom. The number of fused-ring (bicyclic) bond motifs is 2. The lowest BCUT2D eigenvalue weighted by Crippen LogP contribution is -2.45. The van der Waals surface area contributed by atoms with E-state index >= 15 is 0 Å². The first-order chi connectivity index (χ1) is 10.3. The first-order valence-corrected chi connectivity index (χ1v) is 8.04. The van der Waals surface area contributed by atoms with Gasteiger partial charge in [0, 0.05) is 19.3 Å². The van der Waals surface area contributed by atoms with Crippen LogP contribution in [-0.4, -0.2) is 41.1 Å². The fourth-order valence-electron chi connectivity index (χ4n) is 4.16. The molecule has 0 amide bonds. The molecule has 0 radical (unpaired) electrons. The molecule has 0 aromatic carbocycles. The van der Waals surface area contributed by atoms with E-state index in [4.69, 9.17) is 0 Å². The van der Waals surface area contributed by atoms with Gasteiger partial charge in [0.15, 0.2) is 0 Å². The summed E-state index contributed by atoms with van der Waals surface area (Å²) in [5.74, 6) is 2.84. The molecule has 2 unspecified atom stereocenters. The maximum absolute atomic E-state index is 4.54. The molecule has 3 heterocycles. The number of nitrogens with zero attached hydrogens (tertiary/aromatic N) is 3. The van der Waals surface area contributed by atoms with Gasteiger partial charge in [-0.3, -0.25) is 0 Å². The SMILES string of the molecule is CN(c1ncnc2[nH]ccc12)C1CCC2CNCC[C@H]2C1. The quantitative estimate of drug-likeness (QED) is 0.888. The van der Waals surface area contributed by atoms with Crippen molar-refractivity contribution in [3.05, 3.63) is 18.6 Å². The molecular weight excluding hydrogens is 262 g/mol. The molecule has 2 N–H and O–H groups in total. The average molecular weight is 285 g/mol. The molecular formula is C16H23N5. The second kappa shape index (κ2) is 5.30. The normalized spacial score (nSPS) is 29.3. The van der Waals surface area contributed by atoms with E-state index in [2.05, 4.69) is 38.3 Å². The van der Waals surface area contributed by atoms with Crippen molar-refractivity contribution in [1.29, 1.82) is 0 Å². The zero-order valence-electron chi connectivity index (χ0n) is 12.5. The van der Waals surface area contributed by atoms with E-state index in [1.165, 1.54) is 38.8 Å². The minimum absolute atomic E-state index is 0.609. The van der Waals surface area contributed by atoms with Crippen LogP contribution in [0.5, 0.6) is 0 Å². The van der Waals surface area contributed by atoms with Crippen molar-refractivity contribution in [2.75, 3.05) is 25.0 Å². The van der Waals surface area contributed by atoms with Gasteiger partial charge in [0.1, 0.15) is 17.8 Å². The van der Waals surface area contributed by atoms with Gasteiger partial charge in [-0.2, -0.15) is 0 Å². The summed E-state index contributed by atoms with van der Waals surface area (Å²) in [7, 11) is 2.20. The van der Waals surface area contributed by atoms with Gasteiger partial charge >= 0.3 is 0 Å². The van der Waals surface area contributed by atoms with Gasteiger partial charge in [-0.25, -0.2) is 9.97 Å². The van der Waals surface area contributed by atoms with Crippen molar-refractivity contribution in [1.82, 2.24) is 20.3 Å². The van der Waals surface area contributed by atoms with Gasteiger partial charge in [-0.15, -0.1) is 0 Å². The third-order valence-corrected chi connectivity index (χ3v) is 5.43. The lowest BCUT2D eigenvalue weighted by molar-refractivity contribution is 0.168. The number of hydrogen-bond donors (Lipinski definition) is 2. The Bertz CT molecular complexity index is 622. The number of rotatable bonds is 2. The van der Waals surface area contributed by atoms with Gasteiger partial charge in [0.25, 0.3) is 0 Å². The molecule has 0 bridgehead atoms. The Labute approximate surface area is 125 Å². The minimum Gasteiger partial charge on any atom is -0.356 e. The maximum Gasteiger partial charge on any atom is 0.142 e. The van der Waals surface area contributed by atoms with Gasteiger partial charge in [-0.1, -0.05) is 0 Å². The molecule has 2 aliphatic rings. The lowest BCUT2D eigenvalue weighted by atomic mass is 9.73. The number of anilines is 1. The number of piperidine rings is 1. The van der Waals surface area contributed by atoms with Crippen LogP contribution in [0.2, 0.25) is 0 Å². The molecule has 4 rings (SSSR count). The fraction of sp³-hybridized carbons (Fsp3) is 0.625. The molecule has 2 aromatic rings. The molecule has 3 atom stereocenters. The van der Waals surface area contributed by atoms with Crippen LogP contribution in [0.25, 0.3) is 11.0 Å². The van der Waals surface area contributed by atoms with Crippen molar-refractivity contribution in [2.24, 2.45) is 11.8 Å². The third kappa shape index (κ3) is 2.29. The molecule has 1 saturated carbocycles. The van der Waals surface area contributed by atoms with Crippen LogP contribution < -0.4 is 10.2 Å². The Hall–Kier alpha value is -1.62. The van der Waals surface area contributed by atoms with Crippen molar-refractivity contribution in [3.8, 4) is 0 Å². The standard InChI is InChI=1S/C16H23N5/c1-21(16-14-5-7-18-15(14)19-10-20-16)13-3-2-12-9-17-6-4-11(12)8-13/h5,7,10-13,17H,2-4,6,8-9H2,1H3,(H,18,19,20)/t11-,12?,13?/m0/s1. The summed E-state index contributed by atoms with van der Waals surface area (Å²) in [5, 5.41) is 4.67. The Morgan fingerprint density at radius 2 is 2.14 bits per heavy atom. The van der Waals surface area contributed by atoms with E-state index in [0.717, 1.165) is 28.7 Å². The smallest absolute Gasteiger partial charge is 0.142 e. The van der Waals surface area contributed by atoms with Crippen molar-refractivity contribution >= 4 is 16.9 Å². The molecule has 1 aliphatic heterocycles. The second-order valence-electron chi connectivity index (χ2n) is 6.53. The van der Waals surface area contributed by atoms with E-state index in [9.17, 15) is 0 Å². The van der Waals surface area contributed by atoms with Gasteiger partial charge in [0.2, 0.25) is 0 Å². The molecule has 112 valence electrons. The van der Waals surface area contributed by atoms with Gasteiger partial charge in [0.05, 0.1) is 5.39 Å². The molecule has 1 aliphatic carbocycles. The summed E-state index contributed by atoms with van der Waals surface area (Å²) in [6, 6.07) is 2.69. The predicted molar refractivity (Wildman–Crippen MR) is 84.4 cm³/mol. The number of aromatic amines is 1. The summed E-state index contributed by atoms with van der Waals surface area (Å²) in [5.41, 5.74) is 0.933. The Kier molecular flexibility index (Phi) is 3.30. The van der Waals surface area contributed by atoms with Crippen LogP contribution in [0.1, 0.15) is 25.7 Å². The summed E-state index contributed by atoms with van der Waals surface area (Å²) >= 11 is 0. The highest BCUT2D eigenvalue weighted by Gasteiger charge is 2.34. The molecule has 5 heteroatoms. The molecule has 5 nitrogen and oxygen atoms in total. The lowest BCUT2D eigenvalue weighted by Gasteiger charge is -2.43. The topological polar surface area (TPSA) is 56.8 Å². The first-order valence-electron chi connectivity index (χ1n) is 8.04. The van der Waals surface area contributed by atoms with Gasteiger partial charge < -0.3 is 15.2 Å². The largest absolute Gasteiger partial charge is 0.356 e. The van der Waals surface area contributed by atoms with E-state index in [1.54, 1.807) is 6.33 Å². The van der Waals surface area contributed by atoms with Crippen LogP contribution in [-0.2, 0) is 0 Å². The Balaban J connectivity index is 1.57. The zero-order valence-corrected chi connectivity index (χ0v) is 12.5. The Morgan fingerprint density at radius 1 is 1.19 bits per heavy atom. The molecule has 1 saturated heterocycles. The molecule has 2 aromatic heterocycles. The summed E-state index contributed by atoms with van der Waals surface area (Å²) in [6.07, 6.45) is 8.86. The number of H-pyrrole nitrogens is 1. The summed E-state index contributed by atoms with van der Waals surface area (Å²) in [4.78, 5) is 14.4. The van der Waals surface area contributed by atoms with E-state index in [1.807, 2.05) is 6.20 Å². The van der Waals surface area contributed by atoms with E-state index < -0.39 is 0 Å². The van der Waals surface area contributed by atoms with Crippen LogP contribution in [0.15, 0.2) is 18.6 Å². The minimum atomic E-state index is 0.609. The maximum atomic E-state index is 4.54. The fourth-order valence-corrected chi connectivity index (χ4v) is 4.16. The van der Waals surface area contributed by atoms with E-state index in [-0.39, 0.29) is 0 Å². The molecule has 21 heavy (non-hydrogen) atoms. The van der Waals surface area contributed by atoms with Crippen LogP contribution in [0, 0.1) is 11.8 Å². The van der Waals surface area contributed by atoms with Crippen LogP contribution in [0.3, 0.4) is 0 Å². The van der Waals surface area contributed by atoms with Crippen molar-refractivity contribution in [2.45, 2.75) is 31.7 Å². The average Bonchev–Trinajstić information content (AvgIpc) is 3.02. The summed E-state index contributed by atoms with van der Waals surface area (Å²) in [6.45, 7) is 2.41. The third-order valence-electron chi connectivity index (χ3n) is 5.43. The number of hydrogen-bond acceptors (Lipinski definition) is 4. The molecule has 0 spiro atoms. The number of nitrogens with one attached hydrogen (secondary N) is 2. The van der Waals surface area contributed by atoms with Crippen LogP contribution in [0.4, 0.5) is 5.82 Å². The molecule has 2 fully saturated rings. The van der Waals surface area contributed by atoms with E-state index in [0.29, 0.717) is 6.04 Å². The summed E-state index contributed by atoms with van der Waals surface area (Å²) < 4.78 is 0.